The molecule has 9 nitrogen and oxygen atoms in total. The van der Waals surface area contributed by atoms with Gasteiger partial charge >= 0.3 is 12.1 Å². The van der Waals surface area contributed by atoms with Gasteiger partial charge in [0.2, 0.25) is 10.0 Å². The Bertz CT molecular complexity index is 778. The van der Waals surface area contributed by atoms with Gasteiger partial charge in [-0.25, -0.2) is 17.9 Å². The maximum absolute atomic E-state index is 11.7. The number of nitrogens with zero attached hydrogens (tertiary/aromatic N) is 3. The second-order valence-electron chi connectivity index (χ2n) is 6.75. The summed E-state index contributed by atoms with van der Waals surface area (Å²) >= 11 is 0. The highest BCUT2D eigenvalue weighted by atomic mass is 32.2. The molecule has 2 aliphatic rings. The van der Waals surface area contributed by atoms with E-state index in [1.807, 2.05) is 10.7 Å². The molecule has 29 heavy (non-hydrogen) atoms. The lowest BCUT2D eigenvalue weighted by atomic mass is 10.0. The van der Waals surface area contributed by atoms with Crippen LogP contribution in [0.15, 0.2) is 12.3 Å². The van der Waals surface area contributed by atoms with Crippen LogP contribution in [-0.4, -0.2) is 78.4 Å². The van der Waals surface area contributed by atoms with E-state index in [1.54, 1.807) is 13.1 Å². The number of aromatic nitrogens is 2. The average molecular weight is 442 g/mol. The zero-order valence-corrected chi connectivity index (χ0v) is 16.7. The van der Waals surface area contributed by atoms with Crippen molar-refractivity contribution in [3.8, 4) is 0 Å². The van der Waals surface area contributed by atoms with Crippen LogP contribution in [0.3, 0.4) is 0 Å². The van der Waals surface area contributed by atoms with Crippen molar-refractivity contribution >= 4 is 16.0 Å². The van der Waals surface area contributed by atoms with Crippen molar-refractivity contribution < 1.29 is 36.2 Å². The van der Waals surface area contributed by atoms with Gasteiger partial charge in [-0.05, 0) is 25.8 Å². The number of carboxylic acids is 1. The molecule has 1 unspecified atom stereocenters. The van der Waals surface area contributed by atoms with E-state index in [-0.39, 0.29) is 11.8 Å². The van der Waals surface area contributed by atoms with Crippen LogP contribution in [0.1, 0.15) is 31.5 Å². The fourth-order valence-corrected chi connectivity index (χ4v) is 3.87. The maximum atomic E-state index is 11.7. The summed E-state index contributed by atoms with van der Waals surface area (Å²) in [5.74, 6) is -2.65. The lowest BCUT2D eigenvalue weighted by Crippen LogP contribution is -2.48. The summed E-state index contributed by atoms with van der Waals surface area (Å²) in [5.41, 5.74) is 1.15. The number of carbonyl (C=O) groups is 1. The Morgan fingerprint density at radius 2 is 2.00 bits per heavy atom. The highest BCUT2D eigenvalue weighted by molar-refractivity contribution is 7.89. The molecule has 2 aliphatic heterocycles. The van der Waals surface area contributed by atoms with Gasteiger partial charge in [-0.1, -0.05) is 0 Å². The predicted octanol–water partition coefficient (Wildman–Crippen LogP) is 0.991. The summed E-state index contributed by atoms with van der Waals surface area (Å²) in [5, 5.41) is 11.5. The van der Waals surface area contributed by atoms with E-state index in [2.05, 4.69) is 14.7 Å². The van der Waals surface area contributed by atoms with Gasteiger partial charge in [0, 0.05) is 45.1 Å². The third kappa shape index (κ3) is 6.94. The van der Waals surface area contributed by atoms with Gasteiger partial charge in [-0.2, -0.15) is 18.3 Å². The van der Waals surface area contributed by atoms with Crippen LogP contribution in [-0.2, 0) is 26.1 Å². The quantitative estimate of drug-likeness (QED) is 0.699. The molecule has 3 rings (SSSR count). The highest BCUT2D eigenvalue weighted by Gasteiger charge is 2.38. The maximum Gasteiger partial charge on any atom is 0.490 e. The molecule has 0 bridgehead atoms. The molecule has 1 atom stereocenters. The van der Waals surface area contributed by atoms with Gasteiger partial charge in [0.05, 0.1) is 17.5 Å². The number of aliphatic carboxylic acids is 1. The molecule has 0 aliphatic carbocycles. The molecule has 1 saturated heterocycles. The Balaban J connectivity index is 0.000000370. The highest BCUT2D eigenvalue weighted by Crippen LogP contribution is 2.25. The second-order valence-corrected chi connectivity index (χ2v) is 8.84. The number of ether oxygens (including phenoxy) is 1. The normalized spacial score (nSPS) is 21.2. The minimum absolute atomic E-state index is 0.0444. The first kappa shape index (κ1) is 23.6. The molecule has 13 heteroatoms. The minimum Gasteiger partial charge on any atom is -0.475 e. The number of halogens is 3. The van der Waals surface area contributed by atoms with Gasteiger partial charge in [-0.3, -0.25) is 9.58 Å². The minimum atomic E-state index is -5.08. The Morgan fingerprint density at radius 3 is 2.55 bits per heavy atom. The smallest absolute Gasteiger partial charge is 0.475 e. The average Bonchev–Trinajstić information content (AvgIpc) is 3.15. The summed E-state index contributed by atoms with van der Waals surface area (Å²) in [7, 11) is -3.18. The van der Waals surface area contributed by atoms with E-state index < -0.39 is 22.2 Å². The first-order valence-electron chi connectivity index (χ1n) is 9.15. The Kier molecular flexibility index (Phi) is 8.02. The molecule has 1 aromatic rings. The molecule has 2 N–H and O–H groups in total. The number of sulfonamides is 1. The van der Waals surface area contributed by atoms with E-state index in [0.29, 0.717) is 12.6 Å². The van der Waals surface area contributed by atoms with Crippen LogP contribution >= 0.6 is 0 Å². The van der Waals surface area contributed by atoms with Crippen molar-refractivity contribution in [2.24, 2.45) is 0 Å². The fourth-order valence-electron chi connectivity index (χ4n) is 3.22. The van der Waals surface area contributed by atoms with E-state index in [1.165, 1.54) is 0 Å². The van der Waals surface area contributed by atoms with Gasteiger partial charge in [0.25, 0.3) is 0 Å². The molecule has 0 saturated carbocycles. The number of nitrogens with one attached hydrogen (secondary N) is 1. The zero-order chi connectivity index (χ0) is 21.7. The number of carboxylic acid groups (broad SMARTS) is 1. The van der Waals surface area contributed by atoms with Crippen LogP contribution in [0.5, 0.6) is 0 Å². The van der Waals surface area contributed by atoms with Crippen molar-refractivity contribution in [2.45, 2.75) is 44.6 Å². The van der Waals surface area contributed by atoms with E-state index >= 15 is 0 Å². The monoisotopic (exact) mass is 442 g/mol. The third-order valence-corrected chi connectivity index (χ3v) is 6.14. The number of hydrogen-bond acceptors (Lipinski definition) is 6. The topological polar surface area (TPSA) is 114 Å². The van der Waals surface area contributed by atoms with Crippen molar-refractivity contribution in [1.82, 2.24) is 19.4 Å². The number of alkyl halides is 3. The molecule has 3 heterocycles. The van der Waals surface area contributed by atoms with Gasteiger partial charge in [0.1, 0.15) is 0 Å². The predicted molar refractivity (Wildman–Crippen MR) is 96.7 cm³/mol. The summed E-state index contributed by atoms with van der Waals surface area (Å²) in [6.07, 6.45) is -1.20. The molecular formula is C16H25F3N4O5S. The Hall–Kier alpha value is -1.70. The molecule has 0 aromatic carbocycles. The van der Waals surface area contributed by atoms with Crippen molar-refractivity contribution in [2.75, 3.05) is 32.1 Å². The largest absolute Gasteiger partial charge is 0.490 e. The van der Waals surface area contributed by atoms with Crippen LogP contribution in [0.25, 0.3) is 0 Å². The number of fused-ring (bicyclic) bond motifs is 1. The standard InChI is InChI=1S/C14H24N4O3S.C2HF3O2/c1-2-22(19,20)16-9-14-11-17(12-4-7-21-8-5-12)10-13-3-6-15-18(13)14;3-2(4,5)1(6)7/h3,6,12,14,16H,2,4-5,7-11H2,1H3;(H,6,7). The first-order chi connectivity index (χ1) is 13.5. The summed E-state index contributed by atoms with van der Waals surface area (Å²) in [6, 6.07) is 2.58. The van der Waals surface area contributed by atoms with Gasteiger partial charge in [0.15, 0.2) is 0 Å². The van der Waals surface area contributed by atoms with E-state index in [9.17, 15) is 21.6 Å². The summed E-state index contributed by atoms with van der Waals surface area (Å²) in [4.78, 5) is 11.3. The van der Waals surface area contributed by atoms with Crippen molar-refractivity contribution in [1.29, 1.82) is 0 Å². The fraction of sp³-hybridized carbons (Fsp3) is 0.750. The Morgan fingerprint density at radius 1 is 1.38 bits per heavy atom. The Labute approximate surface area is 166 Å². The molecule has 0 spiro atoms. The first-order valence-corrected chi connectivity index (χ1v) is 10.8. The van der Waals surface area contributed by atoms with Gasteiger partial charge in [-0.15, -0.1) is 0 Å². The van der Waals surface area contributed by atoms with E-state index in [0.717, 1.165) is 44.8 Å². The SMILES string of the molecule is CCS(=O)(=O)NCC1CN(C2CCOCC2)Cc2ccnn21.O=C(O)C(F)(F)F. The second kappa shape index (κ2) is 9.87. The number of rotatable bonds is 5. The van der Waals surface area contributed by atoms with Crippen LogP contribution in [0.4, 0.5) is 13.2 Å². The van der Waals surface area contributed by atoms with E-state index in [4.69, 9.17) is 14.6 Å². The molecule has 0 amide bonds. The molecule has 1 fully saturated rings. The van der Waals surface area contributed by atoms with Crippen molar-refractivity contribution in [3.05, 3.63) is 18.0 Å². The van der Waals surface area contributed by atoms with Gasteiger partial charge < -0.3 is 9.84 Å². The molecule has 166 valence electrons. The van der Waals surface area contributed by atoms with Crippen LogP contribution in [0, 0.1) is 0 Å². The van der Waals surface area contributed by atoms with Crippen LogP contribution < -0.4 is 4.72 Å². The molecular weight excluding hydrogens is 417 g/mol. The van der Waals surface area contributed by atoms with Crippen LogP contribution in [0.2, 0.25) is 0 Å². The third-order valence-electron chi connectivity index (χ3n) is 4.78. The van der Waals surface area contributed by atoms with Crippen molar-refractivity contribution in [3.63, 3.8) is 0 Å². The lowest BCUT2D eigenvalue weighted by molar-refractivity contribution is -0.192. The number of hydrogen-bond donors (Lipinski definition) is 2. The zero-order valence-electron chi connectivity index (χ0n) is 15.9. The molecule has 1 aromatic heterocycles. The summed E-state index contributed by atoms with van der Waals surface area (Å²) < 4.78 is 65.2. The lowest BCUT2D eigenvalue weighted by Gasteiger charge is -2.40. The molecule has 0 radical (unpaired) electrons. The summed E-state index contributed by atoms with van der Waals surface area (Å²) in [6.45, 7) is 5.37.